The maximum Gasteiger partial charge on any atom is 0.128 e. The van der Waals surface area contributed by atoms with E-state index in [-0.39, 0.29) is 0 Å². The predicted molar refractivity (Wildman–Crippen MR) is 61.3 cm³/mol. The van der Waals surface area contributed by atoms with Crippen LogP contribution in [0, 0.1) is 0 Å². The first kappa shape index (κ1) is 8.60. The van der Waals surface area contributed by atoms with Crippen LogP contribution in [0.5, 0.6) is 5.75 Å². The Bertz CT molecular complexity index is 537. The molecule has 0 bridgehead atoms. The zero-order valence-electron chi connectivity index (χ0n) is 8.73. The summed E-state index contributed by atoms with van der Waals surface area (Å²) < 4.78 is 7.72. The molecule has 1 aromatic carbocycles. The number of hydrogen-bond donors (Lipinski definition) is 0. The fourth-order valence-corrected chi connectivity index (χ4v) is 2.26. The van der Waals surface area contributed by atoms with Gasteiger partial charge < -0.3 is 9.30 Å². The summed E-state index contributed by atoms with van der Waals surface area (Å²) in [4.78, 5) is 0. The van der Waals surface area contributed by atoms with Gasteiger partial charge in [-0.1, -0.05) is 18.2 Å². The average Bonchev–Trinajstić information content (AvgIpc) is 2.67. The summed E-state index contributed by atoms with van der Waals surface area (Å²) in [5.74, 6) is 0.967. The zero-order valence-corrected chi connectivity index (χ0v) is 8.73. The van der Waals surface area contributed by atoms with Gasteiger partial charge in [0.25, 0.3) is 0 Å². The minimum atomic E-state index is 0.967. The number of ether oxygens (including phenoxy) is 1. The molecule has 0 spiro atoms. The van der Waals surface area contributed by atoms with Crippen LogP contribution in [0.2, 0.25) is 0 Å². The molecule has 2 nitrogen and oxygen atoms in total. The van der Waals surface area contributed by atoms with Gasteiger partial charge in [-0.15, -0.1) is 0 Å². The molecule has 1 aromatic heterocycles. The van der Waals surface area contributed by atoms with Crippen LogP contribution in [0.3, 0.4) is 0 Å². The second-order valence-electron chi connectivity index (χ2n) is 3.81. The zero-order chi connectivity index (χ0) is 10.3. The Labute approximate surface area is 88.8 Å². The molecule has 1 aliphatic heterocycles. The summed E-state index contributed by atoms with van der Waals surface area (Å²) in [6.45, 7) is 0.978. The van der Waals surface area contributed by atoms with Gasteiger partial charge in [-0.2, -0.15) is 0 Å². The Balaban J connectivity index is 2.32. The van der Waals surface area contributed by atoms with Gasteiger partial charge in [0.05, 0.1) is 12.6 Å². The van der Waals surface area contributed by atoms with E-state index in [1.54, 1.807) is 7.11 Å². The minimum absolute atomic E-state index is 0.967. The van der Waals surface area contributed by atoms with Gasteiger partial charge in [-0.3, -0.25) is 0 Å². The minimum Gasteiger partial charge on any atom is -0.496 e. The fraction of sp³-hybridized carbons (Fsp3) is 0.231. The predicted octanol–water partition coefficient (Wildman–Crippen LogP) is 2.76. The van der Waals surface area contributed by atoms with Crippen LogP contribution in [0.15, 0.2) is 36.4 Å². The smallest absolute Gasteiger partial charge is 0.128 e. The van der Waals surface area contributed by atoms with Gasteiger partial charge in [0.2, 0.25) is 0 Å². The van der Waals surface area contributed by atoms with Crippen LogP contribution >= 0.6 is 0 Å². The van der Waals surface area contributed by atoms with Crippen molar-refractivity contribution < 1.29 is 4.74 Å². The van der Waals surface area contributed by atoms with E-state index in [2.05, 4.69) is 28.9 Å². The van der Waals surface area contributed by atoms with Gasteiger partial charge >= 0.3 is 0 Å². The van der Waals surface area contributed by atoms with Crippen LogP contribution in [-0.4, -0.2) is 11.7 Å². The van der Waals surface area contributed by atoms with Crippen molar-refractivity contribution in [2.75, 3.05) is 7.11 Å². The van der Waals surface area contributed by atoms with Crippen LogP contribution in [-0.2, 0) is 13.0 Å². The van der Waals surface area contributed by atoms with Crippen LogP contribution in [0.25, 0.3) is 10.9 Å². The largest absolute Gasteiger partial charge is 0.496 e. The topological polar surface area (TPSA) is 14.2 Å². The number of allylic oxidation sites excluding steroid dienone is 2. The lowest BCUT2D eigenvalue weighted by Crippen LogP contribution is -2.04. The summed E-state index contributed by atoms with van der Waals surface area (Å²) in [6, 6.07) is 8.45. The fourth-order valence-electron chi connectivity index (χ4n) is 2.26. The Morgan fingerprint density at radius 3 is 3.07 bits per heavy atom. The Hall–Kier alpha value is -1.70. The van der Waals surface area contributed by atoms with Gasteiger partial charge in [0.15, 0.2) is 0 Å². The number of methoxy groups -OCH3 is 1. The average molecular weight is 199 g/mol. The molecule has 0 saturated heterocycles. The van der Waals surface area contributed by atoms with E-state index in [9.17, 15) is 0 Å². The van der Waals surface area contributed by atoms with Crippen molar-refractivity contribution in [3.05, 3.63) is 42.1 Å². The van der Waals surface area contributed by atoms with E-state index in [0.717, 1.165) is 18.7 Å². The lowest BCUT2D eigenvalue weighted by molar-refractivity contribution is 0.420. The van der Waals surface area contributed by atoms with E-state index < -0.39 is 0 Å². The third-order valence-corrected chi connectivity index (χ3v) is 2.99. The molecule has 0 unspecified atom stereocenters. The van der Waals surface area contributed by atoms with Crippen molar-refractivity contribution in [2.45, 2.75) is 13.0 Å². The third-order valence-electron chi connectivity index (χ3n) is 2.99. The third kappa shape index (κ3) is 1.18. The number of fused-ring (bicyclic) bond motifs is 3. The lowest BCUT2D eigenvalue weighted by Gasteiger charge is -2.10. The summed E-state index contributed by atoms with van der Waals surface area (Å²) >= 11 is 0. The van der Waals surface area contributed by atoms with Gasteiger partial charge in [-0.05, 0) is 18.2 Å². The lowest BCUT2D eigenvalue weighted by atomic mass is 10.2. The maximum absolute atomic E-state index is 5.37. The molecule has 2 aromatic rings. The molecule has 1 aliphatic rings. The van der Waals surface area contributed by atoms with E-state index in [1.165, 1.54) is 16.6 Å². The highest BCUT2D eigenvalue weighted by Crippen LogP contribution is 2.30. The molecule has 0 N–H and O–H groups in total. The van der Waals surface area contributed by atoms with E-state index in [4.69, 9.17) is 4.74 Å². The summed E-state index contributed by atoms with van der Waals surface area (Å²) in [6.07, 6.45) is 5.46. The van der Waals surface area contributed by atoms with Crippen LogP contribution in [0.1, 0.15) is 5.69 Å². The first-order valence-corrected chi connectivity index (χ1v) is 5.20. The quantitative estimate of drug-likeness (QED) is 0.644. The molecule has 0 radical (unpaired) electrons. The summed E-state index contributed by atoms with van der Waals surface area (Å²) in [5, 5.41) is 1.22. The van der Waals surface area contributed by atoms with E-state index >= 15 is 0 Å². The number of hydrogen-bond acceptors (Lipinski definition) is 1. The highest BCUT2D eigenvalue weighted by atomic mass is 16.5. The van der Waals surface area contributed by atoms with Crippen molar-refractivity contribution in [2.24, 2.45) is 0 Å². The molecule has 2 heteroatoms. The van der Waals surface area contributed by atoms with Crippen molar-refractivity contribution >= 4 is 10.9 Å². The Kier molecular flexibility index (Phi) is 1.81. The number of aromatic nitrogens is 1. The molecular weight excluding hydrogens is 186 g/mol. The van der Waals surface area contributed by atoms with Crippen molar-refractivity contribution in [3.8, 4) is 5.75 Å². The van der Waals surface area contributed by atoms with Crippen molar-refractivity contribution in [1.29, 1.82) is 0 Å². The monoisotopic (exact) mass is 199 g/mol. The molecule has 0 saturated carbocycles. The molecule has 3 rings (SSSR count). The first-order valence-electron chi connectivity index (χ1n) is 5.20. The summed E-state index contributed by atoms with van der Waals surface area (Å²) in [7, 11) is 1.73. The second kappa shape index (κ2) is 3.16. The van der Waals surface area contributed by atoms with Gasteiger partial charge in [-0.25, -0.2) is 0 Å². The molecule has 0 aliphatic carbocycles. The van der Waals surface area contributed by atoms with Crippen molar-refractivity contribution in [1.82, 2.24) is 4.57 Å². The molecule has 0 amide bonds. The molecule has 76 valence electrons. The SMILES string of the molecule is COc1cccc2c1cc1n2CC=CC1. The van der Waals surface area contributed by atoms with Gasteiger partial charge in [0, 0.05) is 24.0 Å². The van der Waals surface area contributed by atoms with Crippen LogP contribution in [0.4, 0.5) is 0 Å². The second-order valence-corrected chi connectivity index (χ2v) is 3.81. The van der Waals surface area contributed by atoms with E-state index in [0.29, 0.717) is 0 Å². The first-order chi connectivity index (χ1) is 7.40. The Morgan fingerprint density at radius 2 is 2.20 bits per heavy atom. The molecular formula is C13H13NO. The highest BCUT2D eigenvalue weighted by molar-refractivity contribution is 5.87. The Morgan fingerprint density at radius 1 is 1.27 bits per heavy atom. The number of benzene rings is 1. The molecule has 15 heavy (non-hydrogen) atoms. The highest BCUT2D eigenvalue weighted by Gasteiger charge is 2.11. The normalized spacial score (nSPS) is 14.2. The number of nitrogens with zero attached hydrogens (tertiary/aromatic N) is 1. The van der Waals surface area contributed by atoms with Gasteiger partial charge in [0.1, 0.15) is 5.75 Å². The summed E-state index contributed by atoms with van der Waals surface area (Å²) in [5.41, 5.74) is 2.64. The molecule has 2 heterocycles. The molecule has 0 fully saturated rings. The maximum atomic E-state index is 5.37. The van der Waals surface area contributed by atoms with Crippen molar-refractivity contribution in [3.63, 3.8) is 0 Å². The van der Waals surface area contributed by atoms with Crippen LogP contribution < -0.4 is 4.74 Å². The van der Waals surface area contributed by atoms with E-state index in [1.807, 2.05) is 12.1 Å². The molecule has 0 atom stereocenters. The number of rotatable bonds is 1. The standard InChI is InChI=1S/C13H13NO/c1-15-13-7-4-6-12-11(13)9-10-5-2-3-8-14(10)12/h2-4,6-7,9H,5,8H2,1H3.